The van der Waals surface area contributed by atoms with Crippen LogP contribution in [0, 0.1) is 13.8 Å². The van der Waals surface area contributed by atoms with Gasteiger partial charge in [0.25, 0.3) is 5.56 Å². The molecule has 1 aliphatic heterocycles. The number of aromatic amines is 1. The van der Waals surface area contributed by atoms with Crippen LogP contribution in [0.4, 0.5) is 5.69 Å². The van der Waals surface area contributed by atoms with E-state index < -0.39 is 0 Å². The first-order valence-electron chi connectivity index (χ1n) is 8.10. The minimum Gasteiger partial charge on any atom is -0.368 e. The summed E-state index contributed by atoms with van der Waals surface area (Å²) in [5, 5.41) is 12.5. The lowest BCUT2D eigenvalue weighted by molar-refractivity contribution is 0.494. The molecule has 3 aromatic heterocycles. The van der Waals surface area contributed by atoms with E-state index in [9.17, 15) is 4.79 Å². The Labute approximate surface area is 138 Å². The number of H-pyrrole nitrogens is 1. The van der Waals surface area contributed by atoms with Crippen molar-refractivity contribution in [1.82, 2.24) is 29.8 Å². The molecule has 8 nitrogen and oxygen atoms in total. The molecule has 0 bridgehead atoms. The fourth-order valence-electron chi connectivity index (χ4n) is 3.39. The van der Waals surface area contributed by atoms with Gasteiger partial charge in [-0.3, -0.25) is 4.79 Å². The number of fused-ring (bicyclic) bond motifs is 1. The topological polar surface area (TPSA) is 92.1 Å². The number of hydrogen-bond donors (Lipinski definition) is 1. The average molecular weight is 325 g/mol. The third-order valence-corrected chi connectivity index (χ3v) is 4.50. The second kappa shape index (κ2) is 5.70. The molecule has 0 spiro atoms. The molecule has 0 amide bonds. The van der Waals surface area contributed by atoms with Crippen LogP contribution in [0.25, 0.3) is 5.65 Å². The quantitative estimate of drug-likeness (QED) is 0.761. The van der Waals surface area contributed by atoms with E-state index >= 15 is 0 Å². The standard InChI is InChI=1S/C16H19N7O/c1-10-7-14(16-20-17-9-23(16)21-10)22-5-3-12(4-6-22)13-8-15(24)19-11(2)18-13/h7-9,12H,3-6H2,1-2H3,(H,18,19,24). The maximum atomic E-state index is 11.7. The van der Waals surface area contributed by atoms with Gasteiger partial charge in [-0.25, -0.2) is 4.98 Å². The Morgan fingerprint density at radius 2 is 2.00 bits per heavy atom. The minimum atomic E-state index is -0.0742. The summed E-state index contributed by atoms with van der Waals surface area (Å²) in [4.78, 5) is 21.2. The highest BCUT2D eigenvalue weighted by Crippen LogP contribution is 2.30. The van der Waals surface area contributed by atoms with Gasteiger partial charge >= 0.3 is 0 Å². The number of piperidine rings is 1. The predicted octanol–water partition coefficient (Wildman–Crippen LogP) is 1.21. The van der Waals surface area contributed by atoms with Gasteiger partial charge in [0.1, 0.15) is 12.2 Å². The maximum Gasteiger partial charge on any atom is 0.251 e. The molecule has 1 aliphatic rings. The number of nitrogens with zero attached hydrogens (tertiary/aromatic N) is 6. The van der Waals surface area contributed by atoms with Crippen molar-refractivity contribution in [2.45, 2.75) is 32.6 Å². The molecule has 0 saturated carbocycles. The Hall–Kier alpha value is -2.77. The van der Waals surface area contributed by atoms with Gasteiger partial charge in [-0.1, -0.05) is 0 Å². The smallest absolute Gasteiger partial charge is 0.251 e. The van der Waals surface area contributed by atoms with Crippen LogP contribution in [0.3, 0.4) is 0 Å². The van der Waals surface area contributed by atoms with Gasteiger partial charge in [-0.05, 0) is 32.8 Å². The summed E-state index contributed by atoms with van der Waals surface area (Å²) < 4.78 is 1.72. The molecule has 1 N–H and O–H groups in total. The van der Waals surface area contributed by atoms with E-state index in [-0.39, 0.29) is 5.56 Å². The lowest BCUT2D eigenvalue weighted by atomic mass is 9.93. The highest BCUT2D eigenvalue weighted by Gasteiger charge is 2.24. The van der Waals surface area contributed by atoms with E-state index in [1.165, 1.54) is 0 Å². The molecule has 0 atom stereocenters. The van der Waals surface area contributed by atoms with Crippen LogP contribution in [0.2, 0.25) is 0 Å². The van der Waals surface area contributed by atoms with Crippen LogP contribution in [0.5, 0.6) is 0 Å². The van der Waals surface area contributed by atoms with E-state index in [2.05, 4.69) is 36.2 Å². The summed E-state index contributed by atoms with van der Waals surface area (Å²) in [6, 6.07) is 3.68. The van der Waals surface area contributed by atoms with Gasteiger partial charge in [0.05, 0.1) is 17.1 Å². The summed E-state index contributed by atoms with van der Waals surface area (Å²) in [5.41, 5.74) is 3.60. The summed E-state index contributed by atoms with van der Waals surface area (Å²) in [6.45, 7) is 5.58. The number of aryl methyl sites for hydroxylation is 2. The van der Waals surface area contributed by atoms with Crippen LogP contribution in [0.15, 0.2) is 23.3 Å². The number of hydrogen-bond acceptors (Lipinski definition) is 6. The van der Waals surface area contributed by atoms with Crippen molar-refractivity contribution >= 4 is 11.3 Å². The van der Waals surface area contributed by atoms with Gasteiger partial charge in [-0.2, -0.15) is 9.61 Å². The van der Waals surface area contributed by atoms with Crippen LogP contribution in [-0.2, 0) is 0 Å². The SMILES string of the molecule is Cc1cc(N2CCC(c3cc(=O)[nH]c(C)n3)CC2)c2nncn2n1. The highest BCUT2D eigenvalue weighted by atomic mass is 16.1. The zero-order valence-electron chi connectivity index (χ0n) is 13.7. The Kier molecular flexibility index (Phi) is 3.51. The molecule has 0 unspecified atom stereocenters. The first-order chi connectivity index (χ1) is 11.6. The van der Waals surface area contributed by atoms with E-state index in [1.54, 1.807) is 16.9 Å². The lowest BCUT2D eigenvalue weighted by Crippen LogP contribution is -2.34. The molecule has 1 saturated heterocycles. The zero-order chi connectivity index (χ0) is 16.7. The second-order valence-electron chi connectivity index (χ2n) is 6.29. The minimum absolute atomic E-state index is 0.0742. The molecule has 24 heavy (non-hydrogen) atoms. The lowest BCUT2D eigenvalue weighted by Gasteiger charge is -2.33. The van der Waals surface area contributed by atoms with Gasteiger partial charge in [0, 0.05) is 25.1 Å². The van der Waals surface area contributed by atoms with E-state index in [4.69, 9.17) is 0 Å². The first-order valence-corrected chi connectivity index (χ1v) is 8.10. The van der Waals surface area contributed by atoms with Gasteiger partial charge in [-0.15, -0.1) is 10.2 Å². The van der Waals surface area contributed by atoms with Crippen LogP contribution >= 0.6 is 0 Å². The van der Waals surface area contributed by atoms with Gasteiger partial charge in [0.15, 0.2) is 0 Å². The maximum absolute atomic E-state index is 11.7. The van der Waals surface area contributed by atoms with Crippen molar-refractivity contribution in [1.29, 1.82) is 0 Å². The molecule has 0 aliphatic carbocycles. The summed E-state index contributed by atoms with van der Waals surface area (Å²) in [5.74, 6) is 0.994. The normalized spacial score (nSPS) is 16.0. The molecular weight excluding hydrogens is 306 g/mol. The summed E-state index contributed by atoms with van der Waals surface area (Å²) >= 11 is 0. The van der Waals surface area contributed by atoms with Gasteiger partial charge < -0.3 is 9.88 Å². The third-order valence-electron chi connectivity index (χ3n) is 4.50. The second-order valence-corrected chi connectivity index (χ2v) is 6.29. The third kappa shape index (κ3) is 2.64. The zero-order valence-corrected chi connectivity index (χ0v) is 13.7. The Morgan fingerprint density at radius 3 is 2.75 bits per heavy atom. The number of aromatic nitrogens is 6. The summed E-state index contributed by atoms with van der Waals surface area (Å²) in [7, 11) is 0. The number of nitrogens with one attached hydrogen (secondary N) is 1. The fraction of sp³-hybridized carbons (Fsp3) is 0.438. The molecule has 0 radical (unpaired) electrons. The van der Waals surface area contributed by atoms with E-state index in [1.807, 2.05) is 13.8 Å². The average Bonchev–Trinajstić information content (AvgIpc) is 3.01. The number of rotatable bonds is 2. The van der Waals surface area contributed by atoms with Gasteiger partial charge in [0.2, 0.25) is 5.65 Å². The van der Waals surface area contributed by atoms with Crippen molar-refractivity contribution in [2.24, 2.45) is 0 Å². The van der Waals surface area contributed by atoms with Crippen LogP contribution in [-0.4, -0.2) is 42.9 Å². The molecule has 4 heterocycles. The molecule has 4 rings (SSSR count). The first kappa shape index (κ1) is 14.8. The molecule has 8 heteroatoms. The molecule has 1 fully saturated rings. The molecule has 3 aromatic rings. The van der Waals surface area contributed by atoms with Crippen molar-refractivity contribution in [3.8, 4) is 0 Å². The molecule has 124 valence electrons. The van der Waals surface area contributed by atoms with Crippen molar-refractivity contribution in [3.63, 3.8) is 0 Å². The predicted molar refractivity (Wildman–Crippen MR) is 89.3 cm³/mol. The van der Waals surface area contributed by atoms with E-state index in [0.717, 1.165) is 48.7 Å². The fourth-order valence-corrected chi connectivity index (χ4v) is 3.39. The Balaban J connectivity index is 1.57. The van der Waals surface area contributed by atoms with Crippen LogP contribution in [0.1, 0.15) is 36.0 Å². The monoisotopic (exact) mass is 325 g/mol. The molecular formula is C16H19N7O. The van der Waals surface area contributed by atoms with Crippen molar-refractivity contribution in [2.75, 3.05) is 18.0 Å². The van der Waals surface area contributed by atoms with Crippen molar-refractivity contribution in [3.05, 3.63) is 46.0 Å². The highest BCUT2D eigenvalue weighted by molar-refractivity contribution is 5.68. The number of anilines is 1. The van der Waals surface area contributed by atoms with Crippen LogP contribution < -0.4 is 10.5 Å². The Morgan fingerprint density at radius 1 is 1.21 bits per heavy atom. The Bertz CT molecular complexity index is 937. The van der Waals surface area contributed by atoms with E-state index in [0.29, 0.717) is 11.7 Å². The molecule has 0 aromatic carbocycles. The largest absolute Gasteiger partial charge is 0.368 e. The summed E-state index contributed by atoms with van der Waals surface area (Å²) in [6.07, 6.45) is 3.54. The van der Waals surface area contributed by atoms with Crippen molar-refractivity contribution < 1.29 is 0 Å².